The number of benzene rings is 3. The van der Waals surface area contributed by atoms with Gasteiger partial charge in [-0.25, -0.2) is 9.79 Å². The molecule has 0 unspecified atom stereocenters. The third kappa shape index (κ3) is 4.90. The van der Waals surface area contributed by atoms with Gasteiger partial charge in [-0.2, -0.15) is 0 Å². The second-order valence-electron chi connectivity index (χ2n) is 8.24. The van der Waals surface area contributed by atoms with E-state index >= 15 is 0 Å². The first kappa shape index (κ1) is 22.7. The lowest BCUT2D eigenvalue weighted by molar-refractivity contribution is -0.115. The van der Waals surface area contributed by atoms with Gasteiger partial charge in [-0.05, 0) is 66.2 Å². The Morgan fingerprint density at radius 1 is 1.09 bits per heavy atom. The fourth-order valence-corrected chi connectivity index (χ4v) is 4.90. The molecule has 3 aromatic carbocycles. The van der Waals surface area contributed by atoms with Gasteiger partial charge in [0.05, 0.1) is 23.3 Å². The van der Waals surface area contributed by atoms with Gasteiger partial charge in [-0.15, -0.1) is 0 Å². The van der Waals surface area contributed by atoms with E-state index in [4.69, 9.17) is 4.74 Å². The first-order chi connectivity index (χ1) is 17.0. The molecule has 35 heavy (non-hydrogen) atoms. The molecule has 6 nitrogen and oxygen atoms in total. The summed E-state index contributed by atoms with van der Waals surface area (Å²) in [6.45, 7) is 2.59. The molecule has 0 saturated carbocycles. The number of rotatable bonds is 5. The number of hydrogen-bond donors (Lipinski definition) is 1. The van der Waals surface area contributed by atoms with Crippen molar-refractivity contribution in [2.75, 3.05) is 7.11 Å². The highest BCUT2D eigenvalue weighted by Crippen LogP contribution is 2.31. The molecule has 2 heterocycles. The molecule has 0 radical (unpaired) electrons. The number of aryl methyl sites for hydroxylation is 1. The van der Waals surface area contributed by atoms with Crippen LogP contribution < -0.4 is 5.32 Å². The predicted octanol–water partition coefficient (Wildman–Crippen LogP) is 5.68. The van der Waals surface area contributed by atoms with Crippen LogP contribution in [0.5, 0.6) is 0 Å². The first-order valence-electron chi connectivity index (χ1n) is 11.1. The van der Waals surface area contributed by atoms with Gasteiger partial charge in [0, 0.05) is 29.2 Å². The fraction of sp³-hybridized carbons (Fsp3) is 0.107. The zero-order chi connectivity index (χ0) is 24.4. The molecule has 0 bridgehead atoms. The Balaban J connectivity index is 1.46. The van der Waals surface area contributed by atoms with E-state index < -0.39 is 0 Å². The largest absolute Gasteiger partial charge is 0.465 e. The molecule has 4 aromatic rings. The van der Waals surface area contributed by atoms with Gasteiger partial charge in [0.25, 0.3) is 5.91 Å². The van der Waals surface area contributed by atoms with E-state index in [1.54, 1.807) is 6.07 Å². The normalized spacial score (nSPS) is 15.7. The smallest absolute Gasteiger partial charge is 0.337 e. The Bertz CT molecular complexity index is 1520. The predicted molar refractivity (Wildman–Crippen MR) is 141 cm³/mol. The number of para-hydroxylation sites is 1. The summed E-state index contributed by atoms with van der Waals surface area (Å²) in [5.41, 5.74) is 5.40. The molecule has 0 aliphatic carbocycles. The number of aromatic nitrogens is 1. The molecular weight excluding hydrogens is 458 g/mol. The van der Waals surface area contributed by atoms with Crippen LogP contribution in [0.4, 0.5) is 5.69 Å². The minimum absolute atomic E-state index is 0.163. The molecule has 0 atom stereocenters. The van der Waals surface area contributed by atoms with Gasteiger partial charge in [0.1, 0.15) is 0 Å². The number of methoxy groups -OCH3 is 1. The third-order valence-electron chi connectivity index (χ3n) is 5.69. The second kappa shape index (κ2) is 9.64. The van der Waals surface area contributed by atoms with Crippen LogP contribution in [0.1, 0.15) is 27.0 Å². The molecule has 5 rings (SSSR count). The number of amides is 1. The number of thioether (sulfide) groups is 1. The van der Waals surface area contributed by atoms with Crippen LogP contribution in [0.3, 0.4) is 0 Å². The number of nitrogens with one attached hydrogen (secondary N) is 1. The quantitative estimate of drug-likeness (QED) is 0.294. The molecule has 1 N–H and O–H groups in total. The van der Waals surface area contributed by atoms with Crippen molar-refractivity contribution in [1.29, 1.82) is 0 Å². The summed E-state index contributed by atoms with van der Waals surface area (Å²) in [4.78, 5) is 29.8. The van der Waals surface area contributed by atoms with Gasteiger partial charge in [-0.1, -0.05) is 42.5 Å². The molecule has 1 saturated heterocycles. The van der Waals surface area contributed by atoms with E-state index in [1.165, 1.54) is 18.9 Å². The lowest BCUT2D eigenvalue weighted by atomic mass is 10.1. The molecule has 1 fully saturated rings. The van der Waals surface area contributed by atoms with Crippen molar-refractivity contribution < 1.29 is 14.3 Å². The van der Waals surface area contributed by atoms with Crippen molar-refractivity contribution in [3.8, 4) is 0 Å². The summed E-state index contributed by atoms with van der Waals surface area (Å²) in [5.74, 6) is -0.522. The Labute approximate surface area is 207 Å². The number of esters is 1. The number of carbonyl (C=O) groups is 2. The molecular formula is C28H23N3O3S. The molecule has 1 amide bonds. The average Bonchev–Trinajstić information content (AvgIpc) is 3.38. The summed E-state index contributed by atoms with van der Waals surface area (Å²) in [6.07, 6.45) is 3.94. The number of carbonyl (C=O) groups excluding carboxylic acids is 2. The van der Waals surface area contributed by atoms with Gasteiger partial charge in [0.2, 0.25) is 0 Å². The fourth-order valence-electron chi connectivity index (χ4n) is 4.07. The van der Waals surface area contributed by atoms with E-state index in [0.717, 1.165) is 33.3 Å². The summed E-state index contributed by atoms with van der Waals surface area (Å²) >= 11 is 1.33. The second-order valence-corrected chi connectivity index (χ2v) is 9.27. The van der Waals surface area contributed by atoms with Crippen molar-refractivity contribution in [3.63, 3.8) is 0 Å². The van der Waals surface area contributed by atoms with E-state index in [0.29, 0.717) is 22.2 Å². The van der Waals surface area contributed by atoms with Gasteiger partial charge in [0.15, 0.2) is 5.17 Å². The topological polar surface area (TPSA) is 72.7 Å². The van der Waals surface area contributed by atoms with Gasteiger partial charge in [-0.3, -0.25) is 4.79 Å². The Morgan fingerprint density at radius 3 is 2.74 bits per heavy atom. The Morgan fingerprint density at radius 2 is 1.91 bits per heavy atom. The summed E-state index contributed by atoms with van der Waals surface area (Å²) in [6, 6.07) is 23.3. The number of fused-ring (bicyclic) bond motifs is 1. The molecule has 1 aromatic heterocycles. The molecule has 7 heteroatoms. The minimum Gasteiger partial charge on any atom is -0.465 e. The summed E-state index contributed by atoms with van der Waals surface area (Å²) < 4.78 is 6.97. The monoisotopic (exact) mass is 481 g/mol. The van der Waals surface area contributed by atoms with Crippen molar-refractivity contribution >= 4 is 51.5 Å². The van der Waals surface area contributed by atoms with Gasteiger partial charge < -0.3 is 14.6 Å². The van der Waals surface area contributed by atoms with Crippen LogP contribution >= 0.6 is 11.8 Å². The van der Waals surface area contributed by atoms with Crippen LogP contribution in [0.15, 0.2) is 88.9 Å². The van der Waals surface area contributed by atoms with E-state index in [2.05, 4.69) is 14.9 Å². The zero-order valence-electron chi connectivity index (χ0n) is 19.3. The highest BCUT2D eigenvalue weighted by molar-refractivity contribution is 8.18. The van der Waals surface area contributed by atoms with Crippen molar-refractivity contribution in [3.05, 3.63) is 106 Å². The van der Waals surface area contributed by atoms with Crippen LogP contribution in [-0.4, -0.2) is 28.7 Å². The third-order valence-corrected chi connectivity index (χ3v) is 6.60. The highest BCUT2D eigenvalue weighted by atomic mass is 32.2. The number of hydrogen-bond acceptors (Lipinski definition) is 5. The Kier molecular flexibility index (Phi) is 6.25. The first-order valence-corrected chi connectivity index (χ1v) is 11.9. The minimum atomic E-state index is -0.359. The standard InChI is InChI=1S/C28H23N3O3S/c1-18-7-5-10-22(13-18)29-28-30-26(32)25(35-28)15-21-17-31(24-12-4-3-11-23(21)24)16-19-8-6-9-20(14-19)27(33)34-2/h3-15,17H,16H2,1-2H3,(H,29,30,32)/b25-15-. The highest BCUT2D eigenvalue weighted by Gasteiger charge is 2.24. The molecule has 1 aliphatic heterocycles. The van der Waals surface area contributed by atoms with E-state index in [9.17, 15) is 9.59 Å². The Hall–Kier alpha value is -4.10. The summed E-state index contributed by atoms with van der Waals surface area (Å²) in [7, 11) is 1.38. The molecule has 0 spiro atoms. The van der Waals surface area contributed by atoms with Crippen LogP contribution in [0.25, 0.3) is 17.0 Å². The molecule has 174 valence electrons. The number of amidine groups is 1. The maximum absolute atomic E-state index is 12.7. The zero-order valence-corrected chi connectivity index (χ0v) is 20.1. The van der Waals surface area contributed by atoms with Crippen LogP contribution in [0.2, 0.25) is 0 Å². The maximum Gasteiger partial charge on any atom is 0.337 e. The number of aliphatic imine (C=N–C) groups is 1. The van der Waals surface area contributed by atoms with Crippen molar-refractivity contribution in [2.24, 2.45) is 4.99 Å². The maximum atomic E-state index is 12.7. The summed E-state index contributed by atoms with van der Waals surface area (Å²) in [5, 5.41) is 4.47. The lowest BCUT2D eigenvalue weighted by Gasteiger charge is -2.07. The van der Waals surface area contributed by atoms with E-state index in [-0.39, 0.29) is 11.9 Å². The lowest BCUT2D eigenvalue weighted by Crippen LogP contribution is -2.19. The average molecular weight is 482 g/mol. The SMILES string of the molecule is COC(=O)c1cccc(Cn2cc(/C=C3\SC(=Nc4cccc(C)c4)NC3=O)c3ccccc32)c1. The number of nitrogens with zero attached hydrogens (tertiary/aromatic N) is 2. The van der Waals surface area contributed by atoms with Crippen LogP contribution in [0, 0.1) is 6.92 Å². The van der Waals surface area contributed by atoms with E-state index in [1.807, 2.05) is 85.9 Å². The van der Waals surface area contributed by atoms with Gasteiger partial charge >= 0.3 is 5.97 Å². The van der Waals surface area contributed by atoms with Crippen molar-refractivity contribution in [1.82, 2.24) is 9.88 Å². The van der Waals surface area contributed by atoms with Crippen LogP contribution in [-0.2, 0) is 16.1 Å². The number of ether oxygens (including phenoxy) is 1. The molecule has 1 aliphatic rings. The van der Waals surface area contributed by atoms with Crippen molar-refractivity contribution in [2.45, 2.75) is 13.5 Å².